The first-order valence-electron chi connectivity index (χ1n) is 12.3. The van der Waals surface area contributed by atoms with Crippen molar-refractivity contribution in [1.29, 1.82) is 0 Å². The molecule has 0 aliphatic heterocycles. The van der Waals surface area contributed by atoms with Crippen LogP contribution in [0.25, 0.3) is 0 Å². The molecule has 0 saturated heterocycles. The fraction of sp³-hybridized carbons (Fsp3) is 0.346. The summed E-state index contributed by atoms with van der Waals surface area (Å²) in [7, 11) is 0. The highest BCUT2D eigenvalue weighted by molar-refractivity contribution is 7.80. The summed E-state index contributed by atoms with van der Waals surface area (Å²) in [5.74, 6) is -4.42. The number of thiol groups is 2. The highest BCUT2D eigenvalue weighted by atomic mass is 32.1. The number of carbonyl (C=O) groups is 5. The molecule has 0 amide bonds. The van der Waals surface area contributed by atoms with Crippen molar-refractivity contribution in [2.24, 2.45) is 28.7 Å². The third-order valence-electron chi connectivity index (χ3n) is 4.53. The fourth-order valence-corrected chi connectivity index (χ4v) is 2.40. The molecule has 4 atom stereocenters. The standard InChI is InChI=1S/C9H11NO3.C9H11NO2.2C3H7NO2S.C2H5NO2/c10-8(9(12)13)5-6-1-3-7(11)4-2-6;10-8(9(11)12)6-7-4-2-1-3-5-7;2*4-2(1-7)3(5)6;3-1-2(4)5/h1-4,8,11H,5,10H2,(H,12,13);1-5,8H,6,10H2,(H,11,12);2*2,7H,1,4H2,(H,5,6);1,3H2,(H,4,5). The molecule has 0 bridgehead atoms. The molecule has 2 aromatic carbocycles. The molecule has 4 unspecified atom stereocenters. The van der Waals surface area contributed by atoms with Crippen LogP contribution in [0.2, 0.25) is 0 Å². The number of hydrogen-bond donors (Lipinski definition) is 13. The van der Waals surface area contributed by atoms with E-state index in [2.05, 4.69) is 31.0 Å². The Morgan fingerprint density at radius 1 is 0.568 bits per heavy atom. The van der Waals surface area contributed by atoms with Crippen molar-refractivity contribution in [1.82, 2.24) is 0 Å². The molecule has 16 N–H and O–H groups in total. The molecule has 2 aromatic rings. The van der Waals surface area contributed by atoms with Gasteiger partial charge in [-0.1, -0.05) is 42.5 Å². The van der Waals surface area contributed by atoms with E-state index in [-0.39, 0.29) is 30.2 Å². The van der Waals surface area contributed by atoms with Gasteiger partial charge in [0.15, 0.2) is 0 Å². The van der Waals surface area contributed by atoms with Crippen LogP contribution >= 0.6 is 25.3 Å². The Bertz CT molecular complexity index is 1090. The Morgan fingerprint density at radius 2 is 0.864 bits per heavy atom. The highest BCUT2D eigenvalue weighted by Crippen LogP contribution is 2.10. The van der Waals surface area contributed by atoms with Gasteiger partial charge in [0.2, 0.25) is 0 Å². The molecule has 16 nitrogen and oxygen atoms in total. The van der Waals surface area contributed by atoms with Crippen LogP contribution in [0.3, 0.4) is 0 Å². The van der Waals surface area contributed by atoms with Crippen LogP contribution in [0, 0.1) is 0 Å². The van der Waals surface area contributed by atoms with E-state index in [1.165, 1.54) is 12.1 Å². The lowest BCUT2D eigenvalue weighted by Crippen LogP contribution is -2.32. The molecule has 0 radical (unpaired) electrons. The minimum Gasteiger partial charge on any atom is -0.508 e. The van der Waals surface area contributed by atoms with Gasteiger partial charge in [0.25, 0.3) is 0 Å². The van der Waals surface area contributed by atoms with Crippen molar-refractivity contribution in [2.75, 3.05) is 18.1 Å². The lowest BCUT2D eigenvalue weighted by Gasteiger charge is -2.05. The van der Waals surface area contributed by atoms with Gasteiger partial charge in [0.05, 0.1) is 6.54 Å². The normalized spacial score (nSPS) is 12.2. The van der Waals surface area contributed by atoms with Crippen LogP contribution in [0.15, 0.2) is 54.6 Å². The van der Waals surface area contributed by atoms with Crippen LogP contribution in [0.1, 0.15) is 11.1 Å². The van der Waals surface area contributed by atoms with E-state index < -0.39 is 54.0 Å². The third kappa shape index (κ3) is 27.0. The first-order valence-corrected chi connectivity index (χ1v) is 13.6. The summed E-state index contributed by atoms with van der Waals surface area (Å²) in [5, 5.41) is 49.6. The van der Waals surface area contributed by atoms with Gasteiger partial charge in [-0.2, -0.15) is 25.3 Å². The molecule has 0 aromatic heterocycles. The molecule has 18 heteroatoms. The van der Waals surface area contributed by atoms with Crippen molar-refractivity contribution in [3.05, 3.63) is 65.7 Å². The van der Waals surface area contributed by atoms with Gasteiger partial charge in [-0.05, 0) is 36.1 Å². The van der Waals surface area contributed by atoms with E-state index in [4.69, 9.17) is 53.6 Å². The van der Waals surface area contributed by atoms with Gasteiger partial charge in [-0.3, -0.25) is 24.0 Å². The predicted molar refractivity (Wildman–Crippen MR) is 169 cm³/mol. The summed E-state index contributed by atoms with van der Waals surface area (Å²) in [5.41, 5.74) is 26.9. The molecule has 0 spiro atoms. The molecule has 0 heterocycles. The number of aromatic hydroxyl groups is 1. The summed E-state index contributed by atoms with van der Waals surface area (Å²) >= 11 is 7.30. The number of aliphatic carboxylic acids is 5. The molecule has 0 fully saturated rings. The number of hydrogen-bond acceptors (Lipinski definition) is 13. The average Bonchev–Trinajstić information content (AvgIpc) is 2.98. The number of phenols is 1. The molecule has 0 aliphatic rings. The maximum Gasteiger partial charge on any atom is 0.321 e. The minimum absolute atomic E-state index is 0.160. The van der Waals surface area contributed by atoms with Gasteiger partial charge in [0, 0.05) is 11.5 Å². The van der Waals surface area contributed by atoms with E-state index >= 15 is 0 Å². The molecule has 0 saturated carbocycles. The number of carboxylic acids is 5. The first-order chi connectivity index (χ1) is 20.4. The SMILES string of the molecule is NC(CS)C(=O)O.NC(CS)C(=O)O.NC(Cc1ccc(O)cc1)C(=O)O.NC(Cc1ccccc1)C(=O)O.NCC(=O)O. The third-order valence-corrected chi connectivity index (χ3v) is 5.31. The second-order valence-electron chi connectivity index (χ2n) is 8.30. The fourth-order valence-electron chi connectivity index (χ4n) is 2.08. The van der Waals surface area contributed by atoms with Gasteiger partial charge in [-0.15, -0.1) is 0 Å². The summed E-state index contributed by atoms with van der Waals surface area (Å²) in [4.78, 5) is 49.5. The zero-order valence-corrected chi connectivity index (χ0v) is 25.3. The minimum atomic E-state index is -1.02. The zero-order valence-electron chi connectivity index (χ0n) is 23.5. The Balaban J connectivity index is -0.000000501. The van der Waals surface area contributed by atoms with E-state index in [9.17, 15) is 24.0 Å². The highest BCUT2D eigenvalue weighted by Gasteiger charge is 2.12. The number of benzene rings is 2. The number of phenolic OH excluding ortho intramolecular Hbond substituents is 1. The van der Waals surface area contributed by atoms with E-state index in [0.717, 1.165) is 11.1 Å². The zero-order chi connectivity index (χ0) is 34.8. The molecular weight excluding hydrogens is 622 g/mol. The van der Waals surface area contributed by atoms with Crippen molar-refractivity contribution < 1.29 is 54.6 Å². The Kier molecular flexibility index (Phi) is 27.0. The van der Waals surface area contributed by atoms with Crippen molar-refractivity contribution >= 4 is 55.1 Å². The second-order valence-corrected chi connectivity index (χ2v) is 9.03. The van der Waals surface area contributed by atoms with Crippen molar-refractivity contribution in [2.45, 2.75) is 37.0 Å². The van der Waals surface area contributed by atoms with Crippen LogP contribution in [-0.2, 0) is 36.8 Å². The topological polar surface area (TPSA) is 337 Å². The molecule has 44 heavy (non-hydrogen) atoms. The molecule has 2 rings (SSSR count). The quantitative estimate of drug-likeness (QED) is 0.124. The largest absolute Gasteiger partial charge is 0.508 e. The summed E-state index contributed by atoms with van der Waals surface area (Å²) in [6.07, 6.45) is 0.659. The lowest BCUT2D eigenvalue weighted by atomic mass is 10.1. The Hall–Kier alpha value is -3.91. The van der Waals surface area contributed by atoms with E-state index in [1.54, 1.807) is 12.1 Å². The van der Waals surface area contributed by atoms with Gasteiger partial charge >= 0.3 is 29.8 Å². The van der Waals surface area contributed by atoms with Crippen LogP contribution < -0.4 is 28.7 Å². The molecular formula is C26H41N5O11S2. The van der Waals surface area contributed by atoms with Crippen LogP contribution in [0.4, 0.5) is 0 Å². The smallest absolute Gasteiger partial charge is 0.321 e. The summed E-state index contributed by atoms with van der Waals surface area (Å²) in [6.45, 7) is -0.278. The van der Waals surface area contributed by atoms with E-state index in [0.29, 0.717) is 6.42 Å². The second kappa shape index (κ2) is 26.7. The Morgan fingerprint density at radius 3 is 1.09 bits per heavy atom. The van der Waals surface area contributed by atoms with E-state index in [1.807, 2.05) is 30.3 Å². The van der Waals surface area contributed by atoms with Crippen molar-refractivity contribution in [3.63, 3.8) is 0 Å². The first kappa shape index (κ1) is 44.5. The van der Waals surface area contributed by atoms with Crippen molar-refractivity contribution in [3.8, 4) is 5.75 Å². The van der Waals surface area contributed by atoms with Gasteiger partial charge in [0.1, 0.15) is 29.9 Å². The van der Waals surface area contributed by atoms with Gasteiger partial charge < -0.3 is 59.3 Å². The summed E-state index contributed by atoms with van der Waals surface area (Å²) in [6, 6.07) is 12.3. The Labute approximate surface area is 264 Å². The van der Waals surface area contributed by atoms with Gasteiger partial charge in [-0.25, -0.2) is 0 Å². The summed E-state index contributed by atoms with van der Waals surface area (Å²) < 4.78 is 0. The molecule has 248 valence electrons. The average molecular weight is 664 g/mol. The maximum absolute atomic E-state index is 10.4. The van der Waals surface area contributed by atoms with Crippen LogP contribution in [-0.4, -0.2) is 103 Å². The predicted octanol–water partition coefficient (Wildman–Crippen LogP) is -1.33. The number of rotatable bonds is 11. The number of nitrogens with two attached hydrogens (primary N) is 5. The molecule has 0 aliphatic carbocycles. The monoisotopic (exact) mass is 663 g/mol. The number of carboxylic acid groups (broad SMARTS) is 5. The lowest BCUT2D eigenvalue weighted by molar-refractivity contribution is -0.139. The maximum atomic E-state index is 10.4. The van der Waals surface area contributed by atoms with Crippen LogP contribution in [0.5, 0.6) is 5.75 Å².